The monoisotopic (exact) mass is 309 g/mol. The zero-order chi connectivity index (χ0) is 15.2. The van der Waals surface area contributed by atoms with Crippen molar-refractivity contribution in [3.8, 4) is 0 Å². The Kier molecular flexibility index (Phi) is 5.76. The van der Waals surface area contributed by atoms with Crippen LogP contribution in [-0.4, -0.2) is 53.7 Å². The van der Waals surface area contributed by atoms with E-state index in [0.29, 0.717) is 0 Å². The van der Waals surface area contributed by atoms with Crippen molar-refractivity contribution < 1.29 is 9.90 Å². The van der Waals surface area contributed by atoms with Crippen molar-refractivity contribution in [1.82, 2.24) is 9.88 Å². The molecule has 2 rings (SSSR count). The molecule has 1 aliphatic heterocycles. The number of nitrogens with zero attached hydrogens (tertiary/aromatic N) is 3. The van der Waals surface area contributed by atoms with E-state index in [2.05, 4.69) is 23.6 Å². The van der Waals surface area contributed by atoms with Gasteiger partial charge in [-0.15, -0.1) is 0 Å². The van der Waals surface area contributed by atoms with Gasteiger partial charge >= 0.3 is 5.97 Å². The standard InChI is InChI=1S/C15H23N3O2S/c1-3-5-12-13(6-7-14(19)20)21-15(16-12)18-10-8-17(4-2)9-11-18/h6-7H,3-5,8-11H2,1-2H3,(H,19,20)/b7-6+. The summed E-state index contributed by atoms with van der Waals surface area (Å²) in [6, 6.07) is 0. The molecule has 5 nitrogen and oxygen atoms in total. The van der Waals surface area contributed by atoms with Crippen LogP contribution in [0.5, 0.6) is 0 Å². The van der Waals surface area contributed by atoms with E-state index in [1.165, 1.54) is 6.08 Å². The first-order valence-corrected chi connectivity index (χ1v) is 8.33. The van der Waals surface area contributed by atoms with Crippen LogP contribution >= 0.6 is 11.3 Å². The van der Waals surface area contributed by atoms with Gasteiger partial charge in [-0.05, 0) is 19.0 Å². The summed E-state index contributed by atoms with van der Waals surface area (Å²) in [5, 5.41) is 9.82. The van der Waals surface area contributed by atoms with E-state index in [-0.39, 0.29) is 0 Å². The van der Waals surface area contributed by atoms with E-state index < -0.39 is 5.97 Å². The molecule has 0 atom stereocenters. The van der Waals surface area contributed by atoms with E-state index in [0.717, 1.165) is 61.3 Å². The van der Waals surface area contributed by atoms with Gasteiger partial charge in [-0.2, -0.15) is 0 Å². The van der Waals surface area contributed by atoms with Crippen LogP contribution in [0.2, 0.25) is 0 Å². The second-order valence-corrected chi connectivity index (χ2v) is 6.16. The smallest absolute Gasteiger partial charge is 0.328 e. The highest BCUT2D eigenvalue weighted by molar-refractivity contribution is 7.16. The fraction of sp³-hybridized carbons (Fsp3) is 0.600. The maximum Gasteiger partial charge on any atom is 0.328 e. The molecule has 1 aromatic rings. The molecule has 0 radical (unpaired) electrons. The Morgan fingerprint density at radius 1 is 1.33 bits per heavy atom. The van der Waals surface area contributed by atoms with Crippen LogP contribution in [0.25, 0.3) is 6.08 Å². The minimum absolute atomic E-state index is 0.894. The molecule has 0 spiro atoms. The van der Waals surface area contributed by atoms with Gasteiger partial charge in [0.2, 0.25) is 0 Å². The van der Waals surface area contributed by atoms with Gasteiger partial charge in [0.1, 0.15) is 0 Å². The number of hydrogen-bond donors (Lipinski definition) is 1. The first-order valence-electron chi connectivity index (χ1n) is 7.52. The lowest BCUT2D eigenvalue weighted by Gasteiger charge is -2.33. The highest BCUT2D eigenvalue weighted by atomic mass is 32.1. The maximum absolute atomic E-state index is 10.7. The van der Waals surface area contributed by atoms with Crippen molar-refractivity contribution in [3.05, 3.63) is 16.6 Å². The van der Waals surface area contributed by atoms with Crippen molar-refractivity contribution >= 4 is 28.5 Å². The summed E-state index contributed by atoms with van der Waals surface area (Å²) in [6.45, 7) is 9.53. The number of anilines is 1. The normalized spacial score (nSPS) is 16.8. The highest BCUT2D eigenvalue weighted by Crippen LogP contribution is 2.29. The topological polar surface area (TPSA) is 56.7 Å². The Morgan fingerprint density at radius 3 is 2.62 bits per heavy atom. The molecular formula is C15H23N3O2S. The molecule has 1 N–H and O–H groups in total. The van der Waals surface area contributed by atoms with Gasteiger partial charge in [0.05, 0.1) is 10.6 Å². The number of thiazole rings is 1. The van der Waals surface area contributed by atoms with Crippen molar-refractivity contribution in [2.45, 2.75) is 26.7 Å². The molecule has 1 aliphatic rings. The molecule has 21 heavy (non-hydrogen) atoms. The minimum Gasteiger partial charge on any atom is -0.478 e. The third-order valence-electron chi connectivity index (χ3n) is 3.67. The Morgan fingerprint density at radius 2 is 2.05 bits per heavy atom. The number of aryl methyl sites for hydroxylation is 1. The Labute approximate surface area is 129 Å². The summed E-state index contributed by atoms with van der Waals surface area (Å²) < 4.78 is 0. The molecule has 0 aromatic carbocycles. The van der Waals surface area contributed by atoms with E-state index in [4.69, 9.17) is 10.1 Å². The number of hydrogen-bond acceptors (Lipinski definition) is 5. The number of carboxylic acid groups (broad SMARTS) is 1. The Bertz CT molecular complexity index is 505. The van der Waals surface area contributed by atoms with Gasteiger partial charge in [0, 0.05) is 32.3 Å². The molecule has 1 saturated heterocycles. The second-order valence-electron chi connectivity index (χ2n) is 5.15. The highest BCUT2D eigenvalue weighted by Gasteiger charge is 2.19. The SMILES string of the molecule is CCCc1nc(N2CCN(CC)CC2)sc1/C=C/C(=O)O. The van der Waals surface area contributed by atoms with Crippen LogP contribution in [0.3, 0.4) is 0 Å². The van der Waals surface area contributed by atoms with Crippen molar-refractivity contribution in [3.63, 3.8) is 0 Å². The lowest BCUT2D eigenvalue weighted by atomic mass is 10.2. The molecule has 2 heterocycles. The molecule has 1 aromatic heterocycles. The fourth-order valence-corrected chi connectivity index (χ4v) is 3.50. The first kappa shape index (κ1) is 16.0. The van der Waals surface area contributed by atoms with Crippen molar-refractivity contribution in [2.75, 3.05) is 37.6 Å². The predicted octanol–water partition coefficient (Wildman–Crippen LogP) is 2.34. The van der Waals surface area contributed by atoms with Gasteiger partial charge in [-0.25, -0.2) is 9.78 Å². The third kappa shape index (κ3) is 4.28. The van der Waals surface area contributed by atoms with Gasteiger partial charge in [0.15, 0.2) is 5.13 Å². The van der Waals surface area contributed by atoms with Crippen molar-refractivity contribution in [2.24, 2.45) is 0 Å². The first-order chi connectivity index (χ1) is 10.1. The average Bonchev–Trinajstić information content (AvgIpc) is 2.89. The van der Waals surface area contributed by atoms with Gasteiger partial charge < -0.3 is 14.9 Å². The van der Waals surface area contributed by atoms with Crippen LogP contribution in [-0.2, 0) is 11.2 Å². The van der Waals surface area contributed by atoms with Crippen LogP contribution in [0.1, 0.15) is 30.8 Å². The molecule has 6 heteroatoms. The molecular weight excluding hydrogens is 286 g/mol. The average molecular weight is 309 g/mol. The van der Waals surface area contributed by atoms with E-state index >= 15 is 0 Å². The second kappa shape index (κ2) is 7.56. The molecule has 0 aliphatic carbocycles. The maximum atomic E-state index is 10.7. The Hall–Kier alpha value is -1.40. The number of aliphatic carboxylic acids is 1. The lowest BCUT2D eigenvalue weighted by Crippen LogP contribution is -2.46. The molecule has 1 fully saturated rings. The van der Waals surface area contributed by atoms with Crippen LogP contribution < -0.4 is 4.90 Å². The van der Waals surface area contributed by atoms with Crippen LogP contribution in [0, 0.1) is 0 Å². The molecule has 0 saturated carbocycles. The van der Waals surface area contributed by atoms with E-state index in [1.54, 1.807) is 17.4 Å². The summed E-state index contributed by atoms with van der Waals surface area (Å²) in [7, 11) is 0. The number of rotatable bonds is 6. The van der Waals surface area contributed by atoms with E-state index in [1.807, 2.05) is 0 Å². The van der Waals surface area contributed by atoms with Crippen molar-refractivity contribution in [1.29, 1.82) is 0 Å². The van der Waals surface area contributed by atoms with Gasteiger partial charge in [-0.3, -0.25) is 0 Å². The summed E-state index contributed by atoms with van der Waals surface area (Å²) in [6.07, 6.45) is 4.79. The number of piperazine rings is 1. The predicted molar refractivity (Wildman–Crippen MR) is 87.1 cm³/mol. The minimum atomic E-state index is -0.913. The summed E-state index contributed by atoms with van der Waals surface area (Å²) in [4.78, 5) is 21.2. The van der Waals surface area contributed by atoms with Crippen LogP contribution in [0.15, 0.2) is 6.08 Å². The number of aromatic nitrogens is 1. The zero-order valence-corrected chi connectivity index (χ0v) is 13.5. The zero-order valence-electron chi connectivity index (χ0n) is 12.7. The number of carboxylic acids is 1. The van der Waals surface area contributed by atoms with E-state index in [9.17, 15) is 4.79 Å². The summed E-state index contributed by atoms with van der Waals surface area (Å²) >= 11 is 1.60. The van der Waals surface area contributed by atoms with Gasteiger partial charge in [-0.1, -0.05) is 31.6 Å². The van der Waals surface area contributed by atoms with Gasteiger partial charge in [0.25, 0.3) is 0 Å². The summed E-state index contributed by atoms with van der Waals surface area (Å²) in [5.41, 5.74) is 1.02. The lowest BCUT2D eigenvalue weighted by molar-refractivity contribution is -0.131. The fourth-order valence-electron chi connectivity index (χ4n) is 2.43. The molecule has 116 valence electrons. The van der Waals surface area contributed by atoms with Crippen LogP contribution in [0.4, 0.5) is 5.13 Å². The quantitative estimate of drug-likeness (QED) is 0.817. The Balaban J connectivity index is 2.13. The number of likely N-dealkylation sites (N-methyl/N-ethyl adjacent to an activating group) is 1. The third-order valence-corrected chi connectivity index (χ3v) is 4.79. The number of carbonyl (C=O) groups is 1. The molecule has 0 unspecified atom stereocenters. The largest absolute Gasteiger partial charge is 0.478 e. The summed E-state index contributed by atoms with van der Waals surface area (Å²) in [5.74, 6) is -0.913. The molecule has 0 bridgehead atoms. The molecule has 0 amide bonds.